The highest BCUT2D eigenvalue weighted by Gasteiger charge is 2.18. The van der Waals surface area contributed by atoms with Gasteiger partial charge >= 0.3 is 0 Å². The normalized spacial score (nSPS) is 11.9. The first-order valence-electron chi connectivity index (χ1n) is 12.7. The molecule has 4 rings (SSSR count). The number of benzene rings is 4. The molecule has 0 aliphatic carbocycles. The van der Waals surface area contributed by atoms with Crippen LogP contribution in [0, 0.1) is 6.92 Å². The second kappa shape index (κ2) is 14.0. The molecule has 1 unspecified atom stereocenters. The molecule has 0 bridgehead atoms. The van der Waals surface area contributed by atoms with E-state index >= 15 is 0 Å². The fourth-order valence-corrected chi connectivity index (χ4v) is 5.29. The summed E-state index contributed by atoms with van der Waals surface area (Å²) < 4.78 is 0. The summed E-state index contributed by atoms with van der Waals surface area (Å²) in [6.45, 7) is 3.73. The molecule has 0 spiro atoms. The second-order valence-electron chi connectivity index (χ2n) is 9.18. The number of hydrogen-bond donors (Lipinski definition) is 3. The first-order valence-corrected chi connectivity index (χ1v) is 14.3. The zero-order valence-corrected chi connectivity index (χ0v) is 24.6. The Labute approximate surface area is 253 Å². The van der Waals surface area contributed by atoms with Crippen LogP contribution in [0.4, 0.5) is 11.4 Å². The van der Waals surface area contributed by atoms with Crippen LogP contribution < -0.4 is 16.0 Å². The van der Waals surface area contributed by atoms with Crippen molar-refractivity contribution in [2.75, 3.05) is 10.6 Å². The third kappa shape index (κ3) is 8.98. The highest BCUT2D eigenvalue weighted by Crippen LogP contribution is 2.28. The molecule has 0 saturated carbocycles. The number of carbonyl (C=O) groups is 3. The SMILES string of the molecule is Cc1cccc(/C=C(/NC(=O)c2ccccc2)C(=O)Nc2cccc(SC(C)C(=O)Nc3cc(Cl)cc(Cl)c3)c2)c1. The van der Waals surface area contributed by atoms with E-state index < -0.39 is 17.1 Å². The summed E-state index contributed by atoms with van der Waals surface area (Å²) in [5.41, 5.74) is 3.34. The van der Waals surface area contributed by atoms with Crippen molar-refractivity contribution in [2.24, 2.45) is 0 Å². The lowest BCUT2D eigenvalue weighted by molar-refractivity contribution is -0.115. The number of anilines is 2. The Morgan fingerprint density at radius 1 is 0.780 bits per heavy atom. The van der Waals surface area contributed by atoms with Gasteiger partial charge in [-0.1, -0.05) is 77.3 Å². The van der Waals surface area contributed by atoms with Gasteiger partial charge in [-0.3, -0.25) is 14.4 Å². The van der Waals surface area contributed by atoms with Crippen LogP contribution in [0.2, 0.25) is 10.0 Å². The molecule has 6 nitrogen and oxygen atoms in total. The van der Waals surface area contributed by atoms with E-state index in [1.165, 1.54) is 11.8 Å². The quantitative estimate of drug-likeness (QED) is 0.134. The van der Waals surface area contributed by atoms with Crippen LogP contribution in [0.3, 0.4) is 0 Å². The third-order valence-electron chi connectivity index (χ3n) is 5.79. The smallest absolute Gasteiger partial charge is 0.272 e. The fourth-order valence-electron chi connectivity index (χ4n) is 3.84. The molecule has 0 fully saturated rings. The molecule has 0 aromatic heterocycles. The van der Waals surface area contributed by atoms with Gasteiger partial charge in [0.15, 0.2) is 0 Å². The minimum atomic E-state index is -0.485. The number of carbonyl (C=O) groups excluding carboxylic acids is 3. The molecule has 0 saturated heterocycles. The predicted molar refractivity (Wildman–Crippen MR) is 169 cm³/mol. The summed E-state index contributed by atoms with van der Waals surface area (Å²) >= 11 is 13.4. The lowest BCUT2D eigenvalue weighted by Crippen LogP contribution is -2.30. The van der Waals surface area contributed by atoms with E-state index in [0.717, 1.165) is 16.0 Å². The molecule has 0 aliphatic heterocycles. The van der Waals surface area contributed by atoms with Gasteiger partial charge in [0.25, 0.3) is 11.8 Å². The number of rotatable bonds is 9. The molecule has 0 heterocycles. The van der Waals surface area contributed by atoms with E-state index in [2.05, 4.69) is 16.0 Å². The van der Waals surface area contributed by atoms with Crippen LogP contribution in [-0.2, 0) is 9.59 Å². The van der Waals surface area contributed by atoms with E-state index in [0.29, 0.717) is 27.0 Å². The lowest BCUT2D eigenvalue weighted by Gasteiger charge is -2.14. The minimum absolute atomic E-state index is 0.0930. The van der Waals surface area contributed by atoms with Crippen molar-refractivity contribution in [1.82, 2.24) is 5.32 Å². The van der Waals surface area contributed by atoms with E-state index in [-0.39, 0.29) is 11.6 Å². The molecule has 208 valence electrons. The maximum Gasteiger partial charge on any atom is 0.272 e. The molecular weight excluding hydrogens is 577 g/mol. The maximum absolute atomic E-state index is 13.4. The number of nitrogens with one attached hydrogen (secondary N) is 3. The number of amides is 3. The van der Waals surface area contributed by atoms with Crippen LogP contribution in [0.5, 0.6) is 0 Å². The monoisotopic (exact) mass is 603 g/mol. The molecular formula is C32H27Cl2N3O3S. The molecule has 4 aromatic rings. The summed E-state index contributed by atoms with van der Waals surface area (Å²) in [7, 11) is 0. The second-order valence-corrected chi connectivity index (χ2v) is 11.5. The highest BCUT2D eigenvalue weighted by atomic mass is 35.5. The van der Waals surface area contributed by atoms with E-state index in [4.69, 9.17) is 23.2 Å². The summed E-state index contributed by atoms with van der Waals surface area (Å²) in [5.74, 6) is -1.11. The van der Waals surface area contributed by atoms with Crippen molar-refractivity contribution in [3.05, 3.63) is 129 Å². The van der Waals surface area contributed by atoms with Crippen molar-refractivity contribution in [3.63, 3.8) is 0 Å². The Bertz CT molecular complexity index is 1590. The first kappa shape index (κ1) is 29.9. The van der Waals surface area contributed by atoms with Gasteiger partial charge in [-0.15, -0.1) is 11.8 Å². The summed E-state index contributed by atoms with van der Waals surface area (Å²) in [5, 5.41) is 8.82. The van der Waals surface area contributed by atoms with Gasteiger partial charge < -0.3 is 16.0 Å². The number of thioether (sulfide) groups is 1. The number of aryl methyl sites for hydroxylation is 1. The van der Waals surface area contributed by atoms with Crippen molar-refractivity contribution in [3.8, 4) is 0 Å². The summed E-state index contributed by atoms with van der Waals surface area (Å²) in [6.07, 6.45) is 1.64. The van der Waals surface area contributed by atoms with Gasteiger partial charge in [-0.05, 0) is 74.0 Å². The number of hydrogen-bond acceptors (Lipinski definition) is 4. The van der Waals surface area contributed by atoms with Crippen molar-refractivity contribution < 1.29 is 14.4 Å². The number of halogens is 2. The zero-order valence-electron chi connectivity index (χ0n) is 22.3. The van der Waals surface area contributed by atoms with Crippen LogP contribution in [0.1, 0.15) is 28.4 Å². The molecule has 3 amide bonds. The average Bonchev–Trinajstić information content (AvgIpc) is 2.92. The van der Waals surface area contributed by atoms with Gasteiger partial charge in [0.2, 0.25) is 5.91 Å². The van der Waals surface area contributed by atoms with Crippen LogP contribution in [0.15, 0.2) is 108 Å². The zero-order chi connectivity index (χ0) is 29.4. The van der Waals surface area contributed by atoms with Crippen LogP contribution in [-0.4, -0.2) is 23.0 Å². The van der Waals surface area contributed by atoms with Crippen molar-refractivity contribution in [2.45, 2.75) is 24.0 Å². The lowest BCUT2D eigenvalue weighted by atomic mass is 10.1. The fraction of sp³-hybridized carbons (Fsp3) is 0.0938. The van der Waals surface area contributed by atoms with Crippen LogP contribution >= 0.6 is 35.0 Å². The van der Waals surface area contributed by atoms with E-state index in [1.807, 2.05) is 43.3 Å². The molecule has 9 heteroatoms. The third-order valence-corrected chi connectivity index (χ3v) is 7.32. The predicted octanol–water partition coefficient (Wildman–Crippen LogP) is 7.83. The van der Waals surface area contributed by atoms with E-state index in [9.17, 15) is 14.4 Å². The molecule has 4 aromatic carbocycles. The van der Waals surface area contributed by atoms with Crippen molar-refractivity contribution >= 4 is 70.1 Å². The van der Waals surface area contributed by atoms with Crippen molar-refractivity contribution in [1.29, 1.82) is 0 Å². The van der Waals surface area contributed by atoms with Gasteiger partial charge in [0.1, 0.15) is 5.70 Å². The largest absolute Gasteiger partial charge is 0.325 e. The molecule has 41 heavy (non-hydrogen) atoms. The maximum atomic E-state index is 13.4. The minimum Gasteiger partial charge on any atom is -0.325 e. The topological polar surface area (TPSA) is 87.3 Å². The Hall–Kier alpha value is -4.04. The average molecular weight is 605 g/mol. The summed E-state index contributed by atoms with van der Waals surface area (Å²) in [4.78, 5) is 39.8. The molecule has 1 atom stereocenters. The Balaban J connectivity index is 1.48. The van der Waals surface area contributed by atoms with Gasteiger partial charge in [-0.2, -0.15) is 0 Å². The molecule has 3 N–H and O–H groups in total. The highest BCUT2D eigenvalue weighted by molar-refractivity contribution is 8.00. The van der Waals surface area contributed by atoms with Gasteiger partial charge in [0.05, 0.1) is 5.25 Å². The molecule has 0 radical (unpaired) electrons. The Morgan fingerprint density at radius 2 is 1.49 bits per heavy atom. The van der Waals surface area contributed by atoms with Gasteiger partial charge in [-0.25, -0.2) is 0 Å². The Morgan fingerprint density at radius 3 is 2.20 bits per heavy atom. The standard InChI is InChI=1S/C32H27Cl2N3O3S/c1-20-8-6-9-22(14-20)15-29(37-31(39)23-10-4-3-5-11-23)32(40)35-26-12-7-13-28(19-26)41-21(2)30(38)36-27-17-24(33)16-25(34)18-27/h3-19,21H,1-2H3,(H,35,40)(H,36,38)(H,37,39)/b29-15+. The van der Waals surface area contributed by atoms with Gasteiger partial charge in [0, 0.05) is 31.9 Å². The van der Waals surface area contributed by atoms with Crippen LogP contribution in [0.25, 0.3) is 6.08 Å². The first-order chi connectivity index (χ1) is 19.7. The molecule has 0 aliphatic rings. The van der Waals surface area contributed by atoms with E-state index in [1.54, 1.807) is 73.7 Å². The Kier molecular flexibility index (Phi) is 10.2. The summed E-state index contributed by atoms with van der Waals surface area (Å²) in [6, 6.07) is 28.3.